The lowest BCUT2D eigenvalue weighted by Gasteiger charge is -2.02. The van der Waals surface area contributed by atoms with Gasteiger partial charge in [-0.1, -0.05) is 51.8 Å². The number of halogens is 3. The van der Waals surface area contributed by atoms with E-state index in [2.05, 4.69) is 50.1 Å². The fourth-order valence-electron chi connectivity index (χ4n) is 2.12. The summed E-state index contributed by atoms with van der Waals surface area (Å²) in [7, 11) is 0. The summed E-state index contributed by atoms with van der Waals surface area (Å²) in [6.07, 6.45) is 0. The van der Waals surface area contributed by atoms with E-state index in [4.69, 9.17) is 16.0 Å². The van der Waals surface area contributed by atoms with Crippen molar-refractivity contribution in [3.05, 3.63) is 57.7 Å². The SMILES string of the molecule is Clc1ccc2oc(Br)c(-c3cccc(CBr)c3)c2c1. The zero-order valence-corrected chi connectivity index (χ0v) is 13.7. The van der Waals surface area contributed by atoms with Gasteiger partial charge in [-0.05, 0) is 45.3 Å². The third-order valence-electron chi connectivity index (χ3n) is 2.98. The van der Waals surface area contributed by atoms with Gasteiger partial charge in [-0.25, -0.2) is 0 Å². The molecule has 19 heavy (non-hydrogen) atoms. The van der Waals surface area contributed by atoms with Crippen LogP contribution in [-0.2, 0) is 5.33 Å². The highest BCUT2D eigenvalue weighted by Gasteiger charge is 2.14. The van der Waals surface area contributed by atoms with Crippen LogP contribution in [0.1, 0.15) is 5.56 Å². The molecule has 0 amide bonds. The van der Waals surface area contributed by atoms with E-state index in [1.165, 1.54) is 5.56 Å². The third kappa shape index (κ3) is 2.47. The molecule has 3 rings (SSSR count). The topological polar surface area (TPSA) is 13.1 Å². The molecule has 1 heterocycles. The summed E-state index contributed by atoms with van der Waals surface area (Å²) in [4.78, 5) is 0. The van der Waals surface area contributed by atoms with E-state index in [9.17, 15) is 0 Å². The number of hydrogen-bond acceptors (Lipinski definition) is 1. The monoisotopic (exact) mass is 398 g/mol. The lowest BCUT2D eigenvalue weighted by atomic mass is 10.0. The molecule has 0 saturated heterocycles. The molecule has 1 aromatic heterocycles. The fourth-order valence-corrected chi connectivity index (χ4v) is 3.26. The van der Waals surface area contributed by atoms with Crippen molar-refractivity contribution in [2.75, 3.05) is 0 Å². The predicted molar refractivity (Wildman–Crippen MR) is 87.0 cm³/mol. The largest absolute Gasteiger partial charge is 0.449 e. The van der Waals surface area contributed by atoms with E-state index in [-0.39, 0.29) is 0 Å². The van der Waals surface area contributed by atoms with Gasteiger partial charge in [0.05, 0.1) is 0 Å². The fraction of sp³-hybridized carbons (Fsp3) is 0.0667. The Morgan fingerprint density at radius 3 is 2.74 bits per heavy atom. The summed E-state index contributed by atoms with van der Waals surface area (Å²) in [6.45, 7) is 0. The molecule has 0 unspecified atom stereocenters. The lowest BCUT2D eigenvalue weighted by Crippen LogP contribution is -1.81. The second-order valence-electron chi connectivity index (χ2n) is 4.23. The predicted octanol–water partition coefficient (Wildman–Crippen LogP) is 6.41. The molecule has 4 heteroatoms. The molecule has 0 radical (unpaired) electrons. The van der Waals surface area contributed by atoms with Crippen molar-refractivity contribution >= 4 is 54.4 Å². The molecule has 0 bridgehead atoms. The quantitative estimate of drug-likeness (QED) is 0.453. The van der Waals surface area contributed by atoms with Crippen LogP contribution in [0.25, 0.3) is 22.1 Å². The third-order valence-corrected chi connectivity index (χ3v) is 4.42. The van der Waals surface area contributed by atoms with Gasteiger partial charge in [-0.3, -0.25) is 0 Å². The Hall–Kier alpha value is -0.770. The number of furan rings is 1. The minimum Gasteiger partial charge on any atom is -0.449 e. The molecule has 0 fully saturated rings. The molecule has 0 aliphatic rings. The van der Waals surface area contributed by atoms with Gasteiger partial charge in [0.1, 0.15) is 5.58 Å². The summed E-state index contributed by atoms with van der Waals surface area (Å²) in [5, 5.41) is 2.56. The standard InChI is InChI=1S/C15H9Br2ClO/c16-8-9-2-1-3-10(6-9)14-12-7-11(18)4-5-13(12)19-15(14)17/h1-7H,8H2. The Bertz CT molecular complexity index is 749. The minimum absolute atomic E-state index is 0.707. The van der Waals surface area contributed by atoms with Crippen LogP contribution in [0.5, 0.6) is 0 Å². The molecule has 96 valence electrons. The Kier molecular flexibility index (Phi) is 3.70. The van der Waals surface area contributed by atoms with E-state index in [0.29, 0.717) is 5.02 Å². The highest BCUT2D eigenvalue weighted by Crippen LogP contribution is 2.39. The minimum atomic E-state index is 0.707. The first-order valence-electron chi connectivity index (χ1n) is 5.72. The smallest absolute Gasteiger partial charge is 0.178 e. The molecule has 0 N–H and O–H groups in total. The maximum absolute atomic E-state index is 6.08. The number of hydrogen-bond donors (Lipinski definition) is 0. The maximum Gasteiger partial charge on any atom is 0.178 e. The van der Waals surface area contributed by atoms with Crippen LogP contribution in [0.2, 0.25) is 5.02 Å². The molecular formula is C15H9Br2ClO. The second-order valence-corrected chi connectivity index (χ2v) is 5.94. The van der Waals surface area contributed by atoms with Gasteiger partial charge in [-0.15, -0.1) is 0 Å². The van der Waals surface area contributed by atoms with Crippen LogP contribution < -0.4 is 0 Å². The first-order valence-corrected chi connectivity index (χ1v) is 8.01. The second kappa shape index (κ2) is 5.31. The van der Waals surface area contributed by atoms with Crippen molar-refractivity contribution < 1.29 is 4.42 Å². The van der Waals surface area contributed by atoms with Gasteiger partial charge in [0.2, 0.25) is 0 Å². The lowest BCUT2D eigenvalue weighted by molar-refractivity contribution is 0.589. The van der Waals surface area contributed by atoms with Crippen molar-refractivity contribution in [1.82, 2.24) is 0 Å². The normalized spacial score (nSPS) is 11.1. The van der Waals surface area contributed by atoms with Crippen molar-refractivity contribution in [1.29, 1.82) is 0 Å². The Labute approximate surface area is 132 Å². The van der Waals surface area contributed by atoms with E-state index in [1.54, 1.807) is 0 Å². The van der Waals surface area contributed by atoms with Crippen LogP contribution >= 0.6 is 43.5 Å². The van der Waals surface area contributed by atoms with Crippen LogP contribution in [0.4, 0.5) is 0 Å². The van der Waals surface area contributed by atoms with Crippen molar-refractivity contribution in [3.63, 3.8) is 0 Å². The summed E-state index contributed by atoms with van der Waals surface area (Å²) < 4.78 is 6.46. The van der Waals surface area contributed by atoms with Crippen LogP contribution in [-0.4, -0.2) is 0 Å². The molecular weight excluding hydrogens is 391 g/mol. The van der Waals surface area contributed by atoms with Crippen molar-refractivity contribution in [2.24, 2.45) is 0 Å². The molecule has 0 atom stereocenters. The van der Waals surface area contributed by atoms with E-state index in [0.717, 1.165) is 32.1 Å². The van der Waals surface area contributed by atoms with Crippen LogP contribution in [0.15, 0.2) is 51.6 Å². The average Bonchev–Trinajstić information content (AvgIpc) is 2.74. The van der Waals surface area contributed by atoms with Crippen LogP contribution in [0.3, 0.4) is 0 Å². The summed E-state index contributed by atoms with van der Waals surface area (Å²) in [5.74, 6) is 0. The summed E-state index contributed by atoms with van der Waals surface area (Å²) in [5.41, 5.74) is 4.21. The molecule has 0 aliphatic heterocycles. The number of benzene rings is 2. The number of rotatable bonds is 2. The molecule has 2 aromatic carbocycles. The first-order chi connectivity index (χ1) is 9.19. The van der Waals surface area contributed by atoms with Gasteiger partial charge in [0.25, 0.3) is 0 Å². The van der Waals surface area contributed by atoms with Gasteiger partial charge in [0, 0.05) is 21.3 Å². The molecule has 0 aliphatic carbocycles. The van der Waals surface area contributed by atoms with Gasteiger partial charge in [-0.2, -0.15) is 0 Å². The van der Waals surface area contributed by atoms with Gasteiger partial charge < -0.3 is 4.42 Å². The summed E-state index contributed by atoms with van der Waals surface area (Å²) in [6, 6.07) is 14.0. The zero-order chi connectivity index (χ0) is 13.4. The highest BCUT2D eigenvalue weighted by molar-refractivity contribution is 9.10. The molecule has 1 nitrogen and oxygen atoms in total. The van der Waals surface area contributed by atoms with Crippen LogP contribution in [0, 0.1) is 0 Å². The van der Waals surface area contributed by atoms with Crippen molar-refractivity contribution in [2.45, 2.75) is 5.33 Å². The summed E-state index contributed by atoms with van der Waals surface area (Å²) >= 11 is 13.1. The average molecular weight is 400 g/mol. The Balaban J connectivity index is 2.28. The van der Waals surface area contributed by atoms with E-state index in [1.807, 2.05) is 24.3 Å². The van der Waals surface area contributed by atoms with E-state index >= 15 is 0 Å². The Morgan fingerprint density at radius 1 is 1.11 bits per heavy atom. The van der Waals surface area contributed by atoms with Gasteiger partial charge >= 0.3 is 0 Å². The number of fused-ring (bicyclic) bond motifs is 1. The van der Waals surface area contributed by atoms with E-state index < -0.39 is 0 Å². The molecule has 0 spiro atoms. The maximum atomic E-state index is 6.08. The van der Waals surface area contributed by atoms with Gasteiger partial charge in [0.15, 0.2) is 4.67 Å². The zero-order valence-electron chi connectivity index (χ0n) is 9.79. The molecule has 0 saturated carbocycles. The Morgan fingerprint density at radius 2 is 1.95 bits per heavy atom. The number of alkyl halides is 1. The first kappa shape index (κ1) is 13.2. The van der Waals surface area contributed by atoms with Crippen molar-refractivity contribution in [3.8, 4) is 11.1 Å². The highest BCUT2D eigenvalue weighted by atomic mass is 79.9. The molecule has 3 aromatic rings.